The van der Waals surface area contributed by atoms with Gasteiger partial charge < -0.3 is 24.1 Å². The maximum atomic E-state index is 13.1. The van der Waals surface area contributed by atoms with Crippen LogP contribution in [-0.2, 0) is 15.6 Å². The summed E-state index contributed by atoms with van der Waals surface area (Å²) in [6.45, 7) is 1.89. The molecule has 0 aliphatic heterocycles. The lowest BCUT2D eigenvalue weighted by Crippen LogP contribution is -2.07. The number of phenols is 1. The number of aryl methyl sites for hydroxylation is 1. The van der Waals surface area contributed by atoms with E-state index in [4.69, 9.17) is 18.9 Å². The average molecular weight is 485 g/mol. The van der Waals surface area contributed by atoms with Crippen molar-refractivity contribution in [3.63, 3.8) is 0 Å². The van der Waals surface area contributed by atoms with Gasteiger partial charge in [-0.2, -0.15) is 0 Å². The number of benzene rings is 3. The van der Waals surface area contributed by atoms with Gasteiger partial charge in [0.1, 0.15) is 0 Å². The Morgan fingerprint density at radius 1 is 0.794 bits per heavy atom. The first kappa shape index (κ1) is 25.0. The lowest BCUT2D eigenvalue weighted by molar-refractivity contribution is 0.324. The Morgan fingerprint density at radius 2 is 1.38 bits per heavy atom. The van der Waals surface area contributed by atoms with Crippen LogP contribution in [-0.4, -0.2) is 42.0 Å². The quantitative estimate of drug-likeness (QED) is 0.433. The van der Waals surface area contributed by atoms with Crippen molar-refractivity contribution in [2.24, 2.45) is 0 Å². The van der Waals surface area contributed by atoms with Crippen LogP contribution >= 0.6 is 0 Å². The van der Waals surface area contributed by atoms with Crippen LogP contribution in [0.15, 0.2) is 53.4 Å². The molecule has 0 bridgehead atoms. The van der Waals surface area contributed by atoms with Crippen LogP contribution in [0.1, 0.15) is 22.3 Å². The van der Waals surface area contributed by atoms with E-state index in [-0.39, 0.29) is 22.0 Å². The molecule has 0 atom stereocenters. The highest BCUT2D eigenvalue weighted by atomic mass is 32.2. The van der Waals surface area contributed by atoms with Gasteiger partial charge in [-0.15, -0.1) is 0 Å². The second-order valence-corrected chi connectivity index (χ2v) is 9.54. The Labute approximate surface area is 200 Å². The number of rotatable bonds is 9. The van der Waals surface area contributed by atoms with E-state index >= 15 is 0 Å². The summed E-state index contributed by atoms with van der Waals surface area (Å²) in [5, 5.41) is 10.8. The van der Waals surface area contributed by atoms with Crippen LogP contribution in [0, 0.1) is 6.92 Å². The van der Waals surface area contributed by atoms with Crippen molar-refractivity contribution in [2.45, 2.75) is 17.6 Å². The molecule has 0 aliphatic carbocycles. The van der Waals surface area contributed by atoms with Gasteiger partial charge in [-0.25, -0.2) is 8.42 Å². The normalized spacial score (nSPS) is 11.4. The molecule has 3 aromatic rings. The molecule has 0 saturated carbocycles. The predicted octanol–water partition coefficient (Wildman–Crippen LogP) is 4.88. The van der Waals surface area contributed by atoms with E-state index in [0.717, 1.165) is 11.1 Å². The van der Waals surface area contributed by atoms with Gasteiger partial charge in [-0.3, -0.25) is 0 Å². The van der Waals surface area contributed by atoms with Crippen LogP contribution in [0.5, 0.6) is 28.7 Å². The monoisotopic (exact) mass is 484 g/mol. The molecular formula is C26H28O7S. The van der Waals surface area contributed by atoms with Gasteiger partial charge in [0, 0.05) is 5.56 Å². The van der Waals surface area contributed by atoms with Crippen LogP contribution < -0.4 is 18.9 Å². The second-order valence-electron chi connectivity index (χ2n) is 7.55. The fourth-order valence-electron chi connectivity index (χ4n) is 3.51. The Balaban J connectivity index is 2.05. The van der Waals surface area contributed by atoms with Gasteiger partial charge >= 0.3 is 0 Å². The molecular weight excluding hydrogens is 456 g/mol. The highest BCUT2D eigenvalue weighted by Gasteiger charge is 2.22. The molecule has 7 nitrogen and oxygen atoms in total. The minimum absolute atomic E-state index is 0.180. The molecule has 0 radical (unpaired) electrons. The topological polar surface area (TPSA) is 91.3 Å². The van der Waals surface area contributed by atoms with Crippen molar-refractivity contribution in [1.82, 2.24) is 0 Å². The second kappa shape index (κ2) is 10.5. The van der Waals surface area contributed by atoms with Gasteiger partial charge in [0.05, 0.1) is 39.1 Å². The standard InChI is InChI=1S/C26H28O7S/c1-17-6-11-20(12-7-17)34(28,29)16-21-19(10-13-22(30-2)25(21)27)9-8-18-14-23(31-3)26(33-5)24(15-18)32-4/h6-15,27H,16H2,1-5H3/b9-8-. The zero-order valence-corrected chi connectivity index (χ0v) is 20.6. The fourth-order valence-corrected chi connectivity index (χ4v) is 4.91. The molecule has 0 aromatic heterocycles. The molecule has 0 heterocycles. The summed E-state index contributed by atoms with van der Waals surface area (Å²) in [4.78, 5) is 0.180. The van der Waals surface area contributed by atoms with Gasteiger partial charge in [0.25, 0.3) is 0 Å². The van der Waals surface area contributed by atoms with Crippen LogP contribution in [0.25, 0.3) is 12.2 Å². The largest absolute Gasteiger partial charge is 0.504 e. The molecule has 3 aromatic carbocycles. The fraction of sp³-hybridized carbons (Fsp3) is 0.231. The van der Waals surface area contributed by atoms with Crippen LogP contribution in [0.3, 0.4) is 0 Å². The molecule has 0 spiro atoms. The Morgan fingerprint density at radius 3 is 1.91 bits per heavy atom. The van der Waals surface area contributed by atoms with Crippen LogP contribution in [0.4, 0.5) is 0 Å². The number of aromatic hydroxyl groups is 1. The highest BCUT2D eigenvalue weighted by Crippen LogP contribution is 2.39. The lowest BCUT2D eigenvalue weighted by Gasteiger charge is -2.14. The summed E-state index contributed by atoms with van der Waals surface area (Å²) in [7, 11) is 2.28. The van der Waals surface area contributed by atoms with Crippen molar-refractivity contribution >= 4 is 22.0 Å². The molecule has 0 unspecified atom stereocenters. The van der Waals surface area contributed by atoms with Gasteiger partial charge in [-0.1, -0.05) is 35.9 Å². The predicted molar refractivity (Wildman–Crippen MR) is 132 cm³/mol. The van der Waals surface area contributed by atoms with Gasteiger partial charge in [0.2, 0.25) is 5.75 Å². The average Bonchev–Trinajstić information content (AvgIpc) is 2.83. The first-order valence-electron chi connectivity index (χ1n) is 10.4. The smallest absolute Gasteiger partial charge is 0.203 e. The number of methoxy groups -OCH3 is 4. The van der Waals surface area contributed by atoms with Crippen LogP contribution in [0.2, 0.25) is 0 Å². The van der Waals surface area contributed by atoms with E-state index in [1.165, 1.54) is 28.4 Å². The number of hydrogen-bond donors (Lipinski definition) is 1. The van der Waals surface area contributed by atoms with Crippen molar-refractivity contribution in [3.05, 3.63) is 70.8 Å². The minimum Gasteiger partial charge on any atom is -0.504 e. The molecule has 3 rings (SSSR count). The third-order valence-corrected chi connectivity index (χ3v) is 7.02. The maximum absolute atomic E-state index is 13.1. The number of ether oxygens (including phenoxy) is 4. The minimum atomic E-state index is -3.72. The summed E-state index contributed by atoms with van der Waals surface area (Å²) in [6, 6.07) is 13.4. The number of phenolic OH excluding ortho intramolecular Hbond substituents is 1. The Kier molecular flexibility index (Phi) is 7.73. The number of hydrogen-bond acceptors (Lipinski definition) is 7. The van der Waals surface area contributed by atoms with Gasteiger partial charge in [0.15, 0.2) is 32.8 Å². The summed E-state index contributed by atoms with van der Waals surface area (Å²) in [5.41, 5.74) is 2.46. The van der Waals surface area contributed by atoms with Crippen molar-refractivity contribution < 1.29 is 32.5 Å². The van der Waals surface area contributed by atoms with Crippen molar-refractivity contribution in [1.29, 1.82) is 0 Å². The summed E-state index contributed by atoms with van der Waals surface area (Å²) < 4.78 is 47.6. The van der Waals surface area contributed by atoms with E-state index in [1.54, 1.807) is 60.7 Å². The zero-order valence-electron chi connectivity index (χ0n) is 19.8. The Bertz CT molecular complexity index is 1270. The first-order valence-corrected chi connectivity index (χ1v) is 12.1. The zero-order chi connectivity index (χ0) is 24.9. The molecule has 34 heavy (non-hydrogen) atoms. The molecule has 0 aliphatic rings. The lowest BCUT2D eigenvalue weighted by atomic mass is 10.0. The third-order valence-electron chi connectivity index (χ3n) is 5.36. The highest BCUT2D eigenvalue weighted by molar-refractivity contribution is 7.90. The van der Waals surface area contributed by atoms with E-state index in [0.29, 0.717) is 22.8 Å². The molecule has 180 valence electrons. The van der Waals surface area contributed by atoms with Crippen molar-refractivity contribution in [2.75, 3.05) is 28.4 Å². The molecule has 0 fully saturated rings. The molecule has 8 heteroatoms. The van der Waals surface area contributed by atoms with E-state index in [2.05, 4.69) is 0 Å². The molecule has 1 N–H and O–H groups in total. The molecule has 0 saturated heterocycles. The van der Waals surface area contributed by atoms with E-state index in [1.807, 2.05) is 6.92 Å². The number of sulfone groups is 1. The summed E-state index contributed by atoms with van der Waals surface area (Å²) in [5.74, 6) is 1.02. The SMILES string of the molecule is COc1ccc(/C=C\c2cc(OC)c(OC)c(OC)c2)c(CS(=O)(=O)c2ccc(C)cc2)c1O. The molecule has 0 amide bonds. The first-order chi connectivity index (χ1) is 16.2. The maximum Gasteiger partial charge on any atom is 0.203 e. The summed E-state index contributed by atoms with van der Waals surface area (Å²) >= 11 is 0. The van der Waals surface area contributed by atoms with E-state index < -0.39 is 15.6 Å². The summed E-state index contributed by atoms with van der Waals surface area (Å²) in [6.07, 6.45) is 3.49. The third kappa shape index (κ3) is 5.28. The van der Waals surface area contributed by atoms with E-state index in [9.17, 15) is 13.5 Å². The van der Waals surface area contributed by atoms with Gasteiger partial charge in [-0.05, 0) is 48.4 Å². The van der Waals surface area contributed by atoms with Crippen molar-refractivity contribution in [3.8, 4) is 28.7 Å². The Hall–Kier alpha value is -3.65.